The van der Waals surface area contributed by atoms with Gasteiger partial charge in [0.2, 0.25) is 0 Å². The first-order valence-electron chi connectivity index (χ1n) is 9.55. The molecule has 0 heterocycles. The highest BCUT2D eigenvalue weighted by atomic mass is 35.5. The van der Waals surface area contributed by atoms with Crippen LogP contribution in [-0.2, 0) is 4.84 Å². The van der Waals surface area contributed by atoms with Crippen molar-refractivity contribution in [3.05, 3.63) is 67.6 Å². The van der Waals surface area contributed by atoms with Gasteiger partial charge in [-0.15, -0.1) is 0 Å². The first-order chi connectivity index (χ1) is 14.9. The molecule has 0 aliphatic rings. The van der Waals surface area contributed by atoms with Crippen molar-refractivity contribution in [3.8, 4) is 11.5 Å². The number of ether oxygens (including phenoxy) is 2. The largest absolute Gasteiger partial charge is 0.490 e. The van der Waals surface area contributed by atoms with Crippen molar-refractivity contribution in [2.24, 2.45) is 5.16 Å². The fourth-order valence-corrected chi connectivity index (χ4v) is 3.29. The Labute approximate surface area is 207 Å². The maximum atomic E-state index is 6.25. The molecule has 0 aliphatic carbocycles. The Bertz CT molecular complexity index is 874. The summed E-state index contributed by atoms with van der Waals surface area (Å²) in [6.45, 7) is 3.11. The first kappa shape index (κ1) is 26.0. The number of unbranched alkanes of at least 4 members (excludes halogenated alkanes) is 2. The Morgan fingerprint density at radius 1 is 0.903 bits per heavy atom. The van der Waals surface area contributed by atoms with Crippen LogP contribution in [0.5, 0.6) is 11.5 Å². The highest BCUT2D eigenvalue weighted by Gasteiger charge is 2.10. The molecule has 0 amide bonds. The highest BCUT2D eigenvalue weighted by Crippen LogP contribution is 2.37. The van der Waals surface area contributed by atoms with Crippen molar-refractivity contribution >= 4 is 63.7 Å². The van der Waals surface area contributed by atoms with E-state index in [4.69, 9.17) is 72.3 Å². The van der Waals surface area contributed by atoms with Crippen molar-refractivity contribution in [2.45, 2.75) is 26.2 Å². The maximum Gasteiger partial charge on any atom is 0.156 e. The Balaban J connectivity index is 1.66. The van der Waals surface area contributed by atoms with Gasteiger partial charge in [0.05, 0.1) is 22.4 Å². The van der Waals surface area contributed by atoms with Crippen LogP contribution < -0.4 is 9.47 Å². The van der Waals surface area contributed by atoms with E-state index in [2.05, 4.69) is 5.16 Å². The standard InChI is InChI=1S/C22H22Cl5NO3/c1-15(16-5-7-17(23)8-6-16)28-31-11-4-2-3-10-30-22-19(24)13-18(14-20(22)25)29-12-9-21(26)27/h5-9,13-14H,2-4,10-12H2,1H3. The maximum absolute atomic E-state index is 6.25. The summed E-state index contributed by atoms with van der Waals surface area (Å²) in [5.41, 5.74) is 1.78. The van der Waals surface area contributed by atoms with Crippen molar-refractivity contribution in [2.75, 3.05) is 19.8 Å². The summed E-state index contributed by atoms with van der Waals surface area (Å²) < 4.78 is 11.3. The summed E-state index contributed by atoms with van der Waals surface area (Å²) in [5, 5.41) is 5.57. The Morgan fingerprint density at radius 3 is 2.19 bits per heavy atom. The molecule has 0 saturated heterocycles. The van der Waals surface area contributed by atoms with Crippen molar-refractivity contribution in [3.63, 3.8) is 0 Å². The van der Waals surface area contributed by atoms with Crippen LogP contribution in [0.2, 0.25) is 15.1 Å². The van der Waals surface area contributed by atoms with Gasteiger partial charge in [-0.05, 0) is 50.0 Å². The predicted octanol–water partition coefficient (Wildman–Crippen LogP) is 8.33. The molecule has 2 aromatic rings. The van der Waals surface area contributed by atoms with Gasteiger partial charge in [-0.1, -0.05) is 75.3 Å². The summed E-state index contributed by atoms with van der Waals surface area (Å²) in [6.07, 6.45) is 4.11. The number of rotatable bonds is 12. The molecule has 0 saturated carbocycles. The minimum Gasteiger partial charge on any atom is -0.490 e. The number of hydrogen-bond donors (Lipinski definition) is 0. The van der Waals surface area contributed by atoms with Gasteiger partial charge in [0, 0.05) is 17.2 Å². The van der Waals surface area contributed by atoms with Gasteiger partial charge in [0.1, 0.15) is 23.5 Å². The lowest BCUT2D eigenvalue weighted by atomic mass is 10.1. The Hall–Kier alpha value is -1.30. The molecule has 2 rings (SSSR count). The third kappa shape index (κ3) is 9.80. The van der Waals surface area contributed by atoms with Crippen LogP contribution in [-0.4, -0.2) is 25.5 Å². The van der Waals surface area contributed by atoms with E-state index < -0.39 is 0 Å². The molecule has 2 aromatic carbocycles. The molecule has 0 bridgehead atoms. The quantitative estimate of drug-likeness (QED) is 0.159. The normalized spacial score (nSPS) is 11.2. The highest BCUT2D eigenvalue weighted by molar-refractivity contribution is 6.55. The summed E-state index contributed by atoms with van der Waals surface area (Å²) in [4.78, 5) is 5.38. The van der Waals surface area contributed by atoms with E-state index in [-0.39, 0.29) is 11.1 Å². The second kappa shape index (κ2) is 14.0. The molecule has 0 fully saturated rings. The molecule has 9 heteroatoms. The number of benzene rings is 2. The monoisotopic (exact) mass is 523 g/mol. The molecule has 4 nitrogen and oxygen atoms in total. The minimum atomic E-state index is 0.131. The van der Waals surface area contributed by atoms with Crippen molar-refractivity contribution < 1.29 is 14.3 Å². The second-order valence-corrected chi connectivity index (χ2v) is 8.71. The lowest BCUT2D eigenvalue weighted by Crippen LogP contribution is -2.01. The van der Waals surface area contributed by atoms with E-state index in [1.54, 1.807) is 12.1 Å². The van der Waals surface area contributed by atoms with Gasteiger partial charge < -0.3 is 14.3 Å². The van der Waals surface area contributed by atoms with Gasteiger partial charge in [-0.3, -0.25) is 0 Å². The molecular formula is C22H22Cl5NO3. The number of hydrogen-bond acceptors (Lipinski definition) is 4. The van der Waals surface area contributed by atoms with E-state index >= 15 is 0 Å². The van der Waals surface area contributed by atoms with Crippen LogP contribution in [0.1, 0.15) is 31.7 Å². The summed E-state index contributed by atoms with van der Waals surface area (Å²) in [7, 11) is 0. The lowest BCUT2D eigenvalue weighted by molar-refractivity contribution is 0.138. The minimum absolute atomic E-state index is 0.131. The summed E-state index contributed by atoms with van der Waals surface area (Å²) in [6, 6.07) is 10.7. The third-order valence-corrected chi connectivity index (χ3v) is 5.17. The predicted molar refractivity (Wildman–Crippen MR) is 131 cm³/mol. The first-order valence-corrected chi connectivity index (χ1v) is 11.4. The van der Waals surface area contributed by atoms with E-state index in [9.17, 15) is 0 Å². The number of nitrogens with zero attached hydrogens (tertiary/aromatic N) is 1. The van der Waals surface area contributed by atoms with Gasteiger partial charge in [-0.25, -0.2) is 0 Å². The lowest BCUT2D eigenvalue weighted by Gasteiger charge is -2.12. The van der Waals surface area contributed by atoms with E-state index in [0.717, 1.165) is 30.5 Å². The van der Waals surface area contributed by atoms with Gasteiger partial charge >= 0.3 is 0 Å². The SMILES string of the molecule is CC(=NOCCCCCOc1c(Cl)cc(OCC=C(Cl)Cl)cc1Cl)c1ccc(Cl)cc1. The molecular weight excluding hydrogens is 504 g/mol. The zero-order chi connectivity index (χ0) is 22.6. The fourth-order valence-electron chi connectivity index (χ4n) is 2.46. The van der Waals surface area contributed by atoms with Crippen LogP contribution in [0.4, 0.5) is 0 Å². The molecule has 168 valence electrons. The molecule has 0 radical (unpaired) electrons. The van der Waals surface area contributed by atoms with Crippen LogP contribution in [0.3, 0.4) is 0 Å². The second-order valence-electron chi connectivity index (χ2n) is 6.45. The van der Waals surface area contributed by atoms with Gasteiger partial charge in [0.15, 0.2) is 5.75 Å². The number of oxime groups is 1. The zero-order valence-electron chi connectivity index (χ0n) is 16.8. The van der Waals surface area contributed by atoms with Crippen LogP contribution in [0.15, 0.2) is 52.1 Å². The molecule has 31 heavy (non-hydrogen) atoms. The van der Waals surface area contributed by atoms with Crippen molar-refractivity contribution in [1.82, 2.24) is 0 Å². The number of halogens is 5. The van der Waals surface area contributed by atoms with E-state index in [0.29, 0.717) is 39.8 Å². The molecule has 0 N–H and O–H groups in total. The molecule has 0 aliphatic heterocycles. The zero-order valence-corrected chi connectivity index (χ0v) is 20.6. The van der Waals surface area contributed by atoms with Crippen molar-refractivity contribution in [1.29, 1.82) is 0 Å². The molecule has 0 spiro atoms. The third-order valence-electron chi connectivity index (χ3n) is 4.05. The van der Waals surface area contributed by atoms with Gasteiger partial charge in [0.25, 0.3) is 0 Å². The Kier molecular flexibility index (Phi) is 11.7. The van der Waals surface area contributed by atoms with Crippen LogP contribution in [0, 0.1) is 0 Å². The average molecular weight is 526 g/mol. The van der Waals surface area contributed by atoms with E-state index in [1.807, 2.05) is 31.2 Å². The van der Waals surface area contributed by atoms with Crippen LogP contribution in [0.25, 0.3) is 0 Å². The topological polar surface area (TPSA) is 40.0 Å². The Morgan fingerprint density at radius 2 is 1.55 bits per heavy atom. The fraction of sp³-hybridized carbons (Fsp3) is 0.318. The molecule has 0 aromatic heterocycles. The smallest absolute Gasteiger partial charge is 0.156 e. The summed E-state index contributed by atoms with van der Waals surface area (Å²) in [5.74, 6) is 0.931. The van der Waals surface area contributed by atoms with Crippen LogP contribution >= 0.6 is 58.0 Å². The summed E-state index contributed by atoms with van der Waals surface area (Å²) >= 11 is 29.5. The molecule has 0 atom stereocenters. The molecule has 0 unspecified atom stereocenters. The average Bonchev–Trinajstić information content (AvgIpc) is 2.71. The van der Waals surface area contributed by atoms with Gasteiger partial charge in [-0.2, -0.15) is 0 Å². The van der Waals surface area contributed by atoms with E-state index in [1.165, 1.54) is 6.08 Å².